The van der Waals surface area contributed by atoms with E-state index in [4.69, 9.17) is 5.73 Å². The van der Waals surface area contributed by atoms with Crippen molar-refractivity contribution < 1.29 is 0 Å². The van der Waals surface area contributed by atoms with E-state index in [1.165, 1.54) is 21.8 Å². The van der Waals surface area contributed by atoms with Crippen LogP contribution in [0.5, 0.6) is 0 Å². The largest absolute Gasteiger partial charge is 0.329 e. The van der Waals surface area contributed by atoms with Crippen LogP contribution in [0, 0.1) is 0 Å². The second kappa shape index (κ2) is 4.61. The van der Waals surface area contributed by atoms with Gasteiger partial charge in [0.25, 0.3) is 0 Å². The third-order valence-electron chi connectivity index (χ3n) is 4.50. The summed E-state index contributed by atoms with van der Waals surface area (Å²) < 4.78 is 2.41. The molecule has 1 unspecified atom stereocenters. The van der Waals surface area contributed by atoms with E-state index >= 15 is 0 Å². The van der Waals surface area contributed by atoms with Crippen LogP contribution in [0.15, 0.2) is 72.8 Å². The predicted molar refractivity (Wildman–Crippen MR) is 89.4 cm³/mol. The van der Waals surface area contributed by atoms with Gasteiger partial charge in [-0.05, 0) is 18.6 Å². The second-order valence-corrected chi connectivity index (χ2v) is 5.67. The molecule has 0 radical (unpaired) electrons. The maximum atomic E-state index is 6.21. The monoisotopic (exact) mass is 274 g/mol. The Bertz CT molecular complexity index is 816. The lowest BCUT2D eigenvalue weighted by Crippen LogP contribution is -2.39. The zero-order chi connectivity index (χ0) is 14.3. The average Bonchev–Trinajstić information content (AvgIpc) is 2.91. The van der Waals surface area contributed by atoms with Crippen molar-refractivity contribution in [3.63, 3.8) is 0 Å². The first kappa shape index (κ1) is 12.4. The minimum Gasteiger partial charge on any atom is -0.329 e. The Morgan fingerprint density at radius 2 is 1.52 bits per heavy atom. The van der Waals surface area contributed by atoms with Crippen molar-refractivity contribution in [3.8, 4) is 0 Å². The molecular weight excluding hydrogens is 256 g/mol. The van der Waals surface area contributed by atoms with Crippen molar-refractivity contribution in [1.82, 2.24) is 4.57 Å². The van der Waals surface area contributed by atoms with Crippen LogP contribution < -0.4 is 5.73 Å². The first-order valence-corrected chi connectivity index (χ1v) is 7.39. The highest BCUT2D eigenvalue weighted by molar-refractivity contribution is 6.08. The molecule has 2 heteroatoms. The van der Waals surface area contributed by atoms with Gasteiger partial charge in [-0.2, -0.15) is 0 Å². The Balaban J connectivity index is 2.15. The summed E-state index contributed by atoms with van der Waals surface area (Å²) in [6.07, 6.45) is 9.59. The molecule has 0 bridgehead atoms. The molecule has 1 atom stereocenters. The molecule has 0 fully saturated rings. The lowest BCUT2D eigenvalue weighted by atomic mass is 9.90. The Kier molecular flexibility index (Phi) is 2.72. The maximum absolute atomic E-state index is 6.21. The van der Waals surface area contributed by atoms with E-state index in [-0.39, 0.29) is 5.54 Å². The van der Waals surface area contributed by atoms with E-state index in [1.807, 2.05) is 0 Å². The van der Waals surface area contributed by atoms with Crippen LogP contribution in [-0.4, -0.2) is 11.1 Å². The fourth-order valence-corrected chi connectivity index (χ4v) is 3.46. The quantitative estimate of drug-likeness (QED) is 0.753. The number of nitrogens with zero attached hydrogens (tertiary/aromatic N) is 1. The lowest BCUT2D eigenvalue weighted by molar-refractivity contribution is 0.405. The molecule has 1 aromatic heterocycles. The SMILES string of the molecule is NCC1(n2c3ccccc3c3ccccc32)C=CC=CC1. The second-order valence-electron chi connectivity index (χ2n) is 5.67. The van der Waals surface area contributed by atoms with Gasteiger partial charge in [0, 0.05) is 28.4 Å². The number of nitrogens with two attached hydrogens (primary N) is 1. The average molecular weight is 274 g/mol. The third kappa shape index (κ3) is 1.69. The molecule has 3 aromatic rings. The summed E-state index contributed by atoms with van der Waals surface area (Å²) in [5.74, 6) is 0. The molecule has 0 aliphatic heterocycles. The standard InChI is InChI=1S/C19H18N2/c20-14-19(12-6-1-7-13-19)21-17-10-4-2-8-15(17)16-9-3-5-11-18(16)21/h1-12H,13-14,20H2. The van der Waals surface area contributed by atoms with Gasteiger partial charge < -0.3 is 10.3 Å². The number of allylic oxidation sites excluding steroid dienone is 3. The number of hydrogen-bond donors (Lipinski definition) is 1. The van der Waals surface area contributed by atoms with Crippen molar-refractivity contribution in [2.45, 2.75) is 12.0 Å². The first-order chi connectivity index (χ1) is 10.4. The van der Waals surface area contributed by atoms with Gasteiger partial charge >= 0.3 is 0 Å². The van der Waals surface area contributed by atoms with E-state index in [0.717, 1.165) is 6.42 Å². The van der Waals surface area contributed by atoms with Gasteiger partial charge in [-0.25, -0.2) is 0 Å². The molecule has 2 N–H and O–H groups in total. The lowest BCUT2D eigenvalue weighted by Gasteiger charge is -2.33. The molecule has 0 amide bonds. The molecule has 0 saturated heterocycles. The number of para-hydroxylation sites is 2. The van der Waals surface area contributed by atoms with E-state index in [9.17, 15) is 0 Å². The van der Waals surface area contributed by atoms with Gasteiger partial charge in [-0.3, -0.25) is 0 Å². The summed E-state index contributed by atoms with van der Waals surface area (Å²) in [4.78, 5) is 0. The molecule has 0 spiro atoms. The van der Waals surface area contributed by atoms with Crippen LogP contribution in [0.4, 0.5) is 0 Å². The van der Waals surface area contributed by atoms with Crippen LogP contribution in [-0.2, 0) is 5.54 Å². The Morgan fingerprint density at radius 3 is 2.05 bits per heavy atom. The molecule has 0 saturated carbocycles. The Morgan fingerprint density at radius 1 is 0.905 bits per heavy atom. The van der Waals surface area contributed by atoms with Gasteiger partial charge in [0.15, 0.2) is 0 Å². The molecule has 2 aromatic carbocycles. The highest BCUT2D eigenvalue weighted by Crippen LogP contribution is 2.37. The molecular formula is C19H18N2. The Labute approximate surface area is 124 Å². The van der Waals surface area contributed by atoms with E-state index in [1.54, 1.807) is 0 Å². The topological polar surface area (TPSA) is 30.9 Å². The third-order valence-corrected chi connectivity index (χ3v) is 4.50. The minimum atomic E-state index is -0.169. The van der Waals surface area contributed by atoms with Crippen LogP contribution in [0.1, 0.15) is 6.42 Å². The van der Waals surface area contributed by atoms with Gasteiger partial charge in [0.05, 0.1) is 5.54 Å². The molecule has 1 aliphatic rings. The van der Waals surface area contributed by atoms with Crippen molar-refractivity contribution in [2.24, 2.45) is 5.73 Å². The van der Waals surface area contributed by atoms with Gasteiger partial charge in [0.2, 0.25) is 0 Å². The predicted octanol–water partition coefficient (Wildman–Crippen LogP) is 3.96. The van der Waals surface area contributed by atoms with E-state index < -0.39 is 0 Å². The normalized spacial score (nSPS) is 21.4. The summed E-state index contributed by atoms with van der Waals surface area (Å²) in [5.41, 5.74) is 8.54. The van der Waals surface area contributed by atoms with Gasteiger partial charge in [-0.15, -0.1) is 0 Å². The number of fused-ring (bicyclic) bond motifs is 3. The zero-order valence-corrected chi connectivity index (χ0v) is 11.9. The van der Waals surface area contributed by atoms with Gasteiger partial charge in [0.1, 0.15) is 0 Å². The van der Waals surface area contributed by atoms with E-state index in [2.05, 4.69) is 77.4 Å². The summed E-state index contributed by atoms with van der Waals surface area (Å²) >= 11 is 0. The maximum Gasteiger partial charge on any atom is 0.0793 e. The Hall–Kier alpha value is -2.32. The zero-order valence-electron chi connectivity index (χ0n) is 11.9. The smallest absolute Gasteiger partial charge is 0.0793 e. The molecule has 4 rings (SSSR count). The number of hydrogen-bond acceptors (Lipinski definition) is 1. The van der Waals surface area contributed by atoms with Crippen LogP contribution >= 0.6 is 0 Å². The van der Waals surface area contributed by atoms with Gasteiger partial charge in [-0.1, -0.05) is 60.7 Å². The van der Waals surface area contributed by atoms with Crippen molar-refractivity contribution in [3.05, 3.63) is 72.8 Å². The highest BCUT2D eigenvalue weighted by Gasteiger charge is 2.30. The molecule has 104 valence electrons. The van der Waals surface area contributed by atoms with E-state index in [0.29, 0.717) is 6.54 Å². The van der Waals surface area contributed by atoms with Crippen LogP contribution in [0.2, 0.25) is 0 Å². The van der Waals surface area contributed by atoms with Crippen LogP contribution in [0.3, 0.4) is 0 Å². The number of aromatic nitrogens is 1. The summed E-state index contributed by atoms with van der Waals surface area (Å²) in [6.45, 7) is 0.594. The molecule has 1 heterocycles. The fraction of sp³-hybridized carbons (Fsp3) is 0.158. The van der Waals surface area contributed by atoms with Crippen molar-refractivity contribution in [1.29, 1.82) is 0 Å². The summed E-state index contributed by atoms with van der Waals surface area (Å²) in [5, 5.41) is 2.59. The van der Waals surface area contributed by atoms with Crippen molar-refractivity contribution >= 4 is 21.8 Å². The highest BCUT2D eigenvalue weighted by atomic mass is 15.1. The molecule has 21 heavy (non-hydrogen) atoms. The summed E-state index contributed by atoms with van der Waals surface area (Å²) in [7, 11) is 0. The minimum absolute atomic E-state index is 0.169. The van der Waals surface area contributed by atoms with Crippen LogP contribution in [0.25, 0.3) is 21.8 Å². The fourth-order valence-electron chi connectivity index (χ4n) is 3.46. The molecule has 1 aliphatic carbocycles. The van der Waals surface area contributed by atoms with Crippen molar-refractivity contribution in [2.75, 3.05) is 6.54 Å². The summed E-state index contributed by atoms with van der Waals surface area (Å²) in [6, 6.07) is 17.2. The number of rotatable bonds is 2. The molecule has 2 nitrogen and oxygen atoms in total. The number of benzene rings is 2. The first-order valence-electron chi connectivity index (χ1n) is 7.39.